The lowest BCUT2D eigenvalue weighted by atomic mass is 10.1. The van der Waals surface area contributed by atoms with E-state index < -0.39 is 0 Å². The van der Waals surface area contributed by atoms with Gasteiger partial charge in [0, 0.05) is 0 Å². The van der Waals surface area contributed by atoms with E-state index in [1.165, 1.54) is 57.8 Å². The van der Waals surface area contributed by atoms with Gasteiger partial charge in [-0.3, -0.25) is 0 Å². The molecule has 0 aromatic rings. The highest BCUT2D eigenvalue weighted by Gasteiger charge is 1.93. The third kappa shape index (κ3) is 11.6. The van der Waals surface area contributed by atoms with Gasteiger partial charge in [0.1, 0.15) is 0 Å². The van der Waals surface area contributed by atoms with Crippen LogP contribution in [0.2, 0.25) is 0 Å². The first-order chi connectivity index (χ1) is 9.50. The van der Waals surface area contributed by atoms with Crippen LogP contribution in [0.4, 0.5) is 0 Å². The van der Waals surface area contributed by atoms with Crippen molar-refractivity contribution in [3.8, 4) is 0 Å². The lowest BCUT2D eigenvalue weighted by molar-refractivity contribution is 0.546. The first-order valence-electron chi connectivity index (χ1n) is 7.63. The molecule has 0 aromatic carbocycles. The third-order valence-electron chi connectivity index (χ3n) is 3.26. The van der Waals surface area contributed by atoms with Crippen LogP contribution in [0, 0.1) is 0 Å². The summed E-state index contributed by atoms with van der Waals surface area (Å²) >= 11 is 0. The topological polar surface area (TPSA) is 74.2 Å². The third-order valence-corrected chi connectivity index (χ3v) is 3.26. The molecule has 0 N–H and O–H groups in total. The van der Waals surface area contributed by atoms with E-state index in [0.717, 1.165) is 25.9 Å². The lowest BCUT2D eigenvalue weighted by Crippen LogP contribution is -1.84. The van der Waals surface area contributed by atoms with E-state index in [4.69, 9.17) is 0 Å². The van der Waals surface area contributed by atoms with Crippen LogP contribution in [0.5, 0.6) is 0 Å². The molecule has 0 aliphatic carbocycles. The number of hydrogen-bond donors (Lipinski definition) is 0. The smallest absolute Gasteiger partial charge is 0.0621 e. The maximum Gasteiger partial charge on any atom is 0.0621 e. The molecular weight excluding hydrogens is 240 g/mol. The fourth-order valence-electron chi connectivity index (χ4n) is 2.14. The number of rotatable bonds is 0. The molecule has 1 heterocycles. The van der Waals surface area contributed by atoms with Crippen LogP contribution >= 0.6 is 0 Å². The standard InChI is InChI=1S/C13H26N6/c1-2-4-6-8-10-12-14-16-18-19-17-15-13-11-9-7-5-3-1/h1-13H2/b16-14?,17-15?,19-18+. The Kier molecular flexibility index (Phi) is 11.0. The summed E-state index contributed by atoms with van der Waals surface area (Å²) in [5, 5.41) is 21.9. The Morgan fingerprint density at radius 3 is 1.00 bits per heavy atom. The average Bonchev–Trinajstić information content (AvgIpc) is 2.43. The van der Waals surface area contributed by atoms with E-state index in [0.29, 0.717) is 0 Å². The van der Waals surface area contributed by atoms with Crippen molar-refractivity contribution >= 4 is 0 Å². The molecule has 0 saturated carbocycles. The Morgan fingerprint density at radius 2 is 0.632 bits per heavy atom. The van der Waals surface area contributed by atoms with E-state index in [9.17, 15) is 0 Å². The van der Waals surface area contributed by atoms with Crippen LogP contribution in [-0.2, 0) is 0 Å². The highest BCUT2D eigenvalue weighted by atomic mass is 15.6. The molecule has 19 heavy (non-hydrogen) atoms. The van der Waals surface area contributed by atoms with Crippen molar-refractivity contribution < 1.29 is 0 Å². The van der Waals surface area contributed by atoms with Crippen LogP contribution in [0.3, 0.4) is 0 Å². The monoisotopic (exact) mass is 266 g/mol. The fourth-order valence-corrected chi connectivity index (χ4v) is 2.14. The number of hydrogen-bond acceptors (Lipinski definition) is 6. The zero-order chi connectivity index (χ0) is 13.4. The molecule has 1 aliphatic rings. The van der Waals surface area contributed by atoms with Gasteiger partial charge in [-0.1, -0.05) is 57.8 Å². The van der Waals surface area contributed by atoms with Crippen LogP contribution in [0.15, 0.2) is 31.1 Å². The fraction of sp³-hybridized carbons (Fsp3) is 1.00. The first-order valence-corrected chi connectivity index (χ1v) is 7.63. The van der Waals surface area contributed by atoms with Crippen molar-refractivity contribution in [2.24, 2.45) is 31.1 Å². The summed E-state index contributed by atoms with van der Waals surface area (Å²) in [6.45, 7) is 1.46. The van der Waals surface area contributed by atoms with Crippen molar-refractivity contribution in [1.82, 2.24) is 0 Å². The van der Waals surface area contributed by atoms with Crippen LogP contribution in [-0.4, -0.2) is 13.1 Å². The second-order valence-electron chi connectivity index (χ2n) is 4.98. The molecule has 6 heteroatoms. The van der Waals surface area contributed by atoms with E-state index in [2.05, 4.69) is 31.1 Å². The van der Waals surface area contributed by atoms with Gasteiger partial charge in [0.2, 0.25) is 0 Å². The van der Waals surface area contributed by atoms with Crippen molar-refractivity contribution in [3.05, 3.63) is 0 Å². The minimum absolute atomic E-state index is 0.732. The van der Waals surface area contributed by atoms with Gasteiger partial charge < -0.3 is 0 Å². The molecule has 6 nitrogen and oxygen atoms in total. The zero-order valence-electron chi connectivity index (χ0n) is 11.9. The Bertz CT molecular complexity index is 248. The van der Waals surface area contributed by atoms with Crippen molar-refractivity contribution in [1.29, 1.82) is 0 Å². The minimum Gasteiger partial charge on any atom is -0.167 e. The predicted molar refractivity (Wildman–Crippen MR) is 75.1 cm³/mol. The molecule has 0 amide bonds. The SMILES string of the molecule is C1CCCCCCN=N/N=N/N=NCCCCCC1. The summed E-state index contributed by atoms with van der Waals surface area (Å²) in [4.78, 5) is 0. The summed E-state index contributed by atoms with van der Waals surface area (Å²) in [5.41, 5.74) is 0. The quantitative estimate of drug-likeness (QED) is 0.557. The number of nitrogens with zero attached hydrogens (tertiary/aromatic N) is 6. The molecule has 0 atom stereocenters. The molecular formula is C13H26N6. The molecule has 108 valence electrons. The van der Waals surface area contributed by atoms with Gasteiger partial charge in [-0.15, -0.1) is 0 Å². The molecule has 0 bridgehead atoms. The van der Waals surface area contributed by atoms with Gasteiger partial charge in [-0.2, -0.15) is 10.2 Å². The van der Waals surface area contributed by atoms with Crippen LogP contribution in [0.1, 0.15) is 70.6 Å². The molecule has 0 unspecified atom stereocenters. The van der Waals surface area contributed by atoms with E-state index in [1.807, 2.05) is 0 Å². The summed E-state index contributed by atoms with van der Waals surface area (Å²) in [6, 6.07) is 0. The maximum absolute atomic E-state index is 3.91. The molecule has 1 aliphatic heterocycles. The lowest BCUT2D eigenvalue weighted by Gasteiger charge is -2.01. The van der Waals surface area contributed by atoms with Crippen LogP contribution < -0.4 is 0 Å². The van der Waals surface area contributed by atoms with Crippen LogP contribution in [0.25, 0.3) is 0 Å². The normalized spacial score (nSPS) is 23.2. The van der Waals surface area contributed by atoms with E-state index in [-0.39, 0.29) is 0 Å². The Balaban J connectivity index is 2.19. The molecule has 1 rings (SSSR count). The first kappa shape index (κ1) is 15.9. The van der Waals surface area contributed by atoms with Gasteiger partial charge in [0.25, 0.3) is 0 Å². The summed E-state index contributed by atoms with van der Waals surface area (Å²) in [6.07, 6.45) is 14.1. The molecule has 0 aromatic heterocycles. The molecule has 0 spiro atoms. The maximum atomic E-state index is 3.91. The molecule has 0 radical (unpaired) electrons. The largest absolute Gasteiger partial charge is 0.167 e. The highest BCUT2D eigenvalue weighted by molar-refractivity contribution is 4.50. The Hall–Kier alpha value is -1.20. The van der Waals surface area contributed by atoms with Gasteiger partial charge in [0.05, 0.1) is 13.1 Å². The predicted octanol–water partition coefficient (Wildman–Crippen LogP) is 5.48. The molecule has 0 fully saturated rings. The van der Waals surface area contributed by atoms with E-state index in [1.54, 1.807) is 0 Å². The summed E-state index contributed by atoms with van der Waals surface area (Å²) in [7, 11) is 0. The average molecular weight is 266 g/mol. The van der Waals surface area contributed by atoms with Gasteiger partial charge in [-0.25, -0.2) is 0 Å². The van der Waals surface area contributed by atoms with Crippen molar-refractivity contribution in [3.63, 3.8) is 0 Å². The van der Waals surface area contributed by atoms with E-state index >= 15 is 0 Å². The summed E-state index contributed by atoms with van der Waals surface area (Å²) < 4.78 is 0. The zero-order valence-corrected chi connectivity index (χ0v) is 11.9. The van der Waals surface area contributed by atoms with Crippen molar-refractivity contribution in [2.45, 2.75) is 70.6 Å². The highest BCUT2D eigenvalue weighted by Crippen LogP contribution is 2.11. The van der Waals surface area contributed by atoms with Gasteiger partial charge in [0.15, 0.2) is 0 Å². The second kappa shape index (κ2) is 13.2. The summed E-state index contributed by atoms with van der Waals surface area (Å²) in [5.74, 6) is 0. The Morgan fingerprint density at radius 1 is 0.316 bits per heavy atom. The van der Waals surface area contributed by atoms with Gasteiger partial charge in [-0.05, 0) is 33.7 Å². The second-order valence-corrected chi connectivity index (χ2v) is 4.98. The van der Waals surface area contributed by atoms with Gasteiger partial charge >= 0.3 is 0 Å². The van der Waals surface area contributed by atoms with Crippen molar-refractivity contribution in [2.75, 3.05) is 13.1 Å². The Labute approximate surface area is 115 Å². The minimum atomic E-state index is 0.732. The molecule has 0 saturated heterocycles.